The lowest BCUT2D eigenvalue weighted by Crippen LogP contribution is -2.31. The summed E-state index contributed by atoms with van der Waals surface area (Å²) < 4.78 is 15.6. The van der Waals surface area contributed by atoms with Crippen LogP contribution in [0.3, 0.4) is 0 Å². The largest absolute Gasteiger partial charge is 0.493 e. The number of methoxy groups -OCH3 is 2. The molecule has 1 amide bonds. The minimum Gasteiger partial charge on any atom is -0.493 e. The van der Waals surface area contributed by atoms with Crippen LogP contribution in [0.25, 0.3) is 0 Å². The van der Waals surface area contributed by atoms with E-state index in [1.165, 1.54) is 19.3 Å². The Kier molecular flexibility index (Phi) is 6.58. The van der Waals surface area contributed by atoms with Gasteiger partial charge in [-0.25, -0.2) is 0 Å². The highest BCUT2D eigenvalue weighted by molar-refractivity contribution is 5.80. The molecule has 2 aliphatic rings. The number of hydrogen-bond donors (Lipinski definition) is 1. The number of fused-ring (bicyclic) bond motifs is 2. The molecule has 0 spiro atoms. The first kappa shape index (κ1) is 19.5. The first-order valence-electron chi connectivity index (χ1n) is 9.72. The van der Waals surface area contributed by atoms with Gasteiger partial charge in [0, 0.05) is 13.0 Å². The van der Waals surface area contributed by atoms with Crippen LogP contribution in [0.1, 0.15) is 37.7 Å². The van der Waals surface area contributed by atoms with Crippen molar-refractivity contribution in [1.82, 2.24) is 5.32 Å². The fraction of sp³-hybridized carbons (Fsp3) is 0.619. The van der Waals surface area contributed by atoms with Gasteiger partial charge in [0.2, 0.25) is 0 Å². The predicted octanol–water partition coefficient (Wildman–Crippen LogP) is 2.73. The van der Waals surface area contributed by atoms with E-state index in [1.54, 1.807) is 14.2 Å². The molecular weight excluding hydrogens is 346 g/mol. The molecule has 2 fully saturated rings. The predicted molar refractivity (Wildman–Crippen MR) is 101 cm³/mol. The van der Waals surface area contributed by atoms with Gasteiger partial charge in [-0.3, -0.25) is 9.59 Å². The number of ether oxygens (including phenoxy) is 3. The summed E-state index contributed by atoms with van der Waals surface area (Å²) >= 11 is 0. The minimum atomic E-state index is -0.267. The maximum atomic E-state index is 12.0. The van der Waals surface area contributed by atoms with Crippen molar-refractivity contribution < 1.29 is 23.8 Å². The van der Waals surface area contributed by atoms with Gasteiger partial charge in [0.25, 0.3) is 5.91 Å². The molecule has 1 aromatic carbocycles. The summed E-state index contributed by atoms with van der Waals surface area (Å²) in [6.07, 6.45) is 6.11. The minimum absolute atomic E-state index is 0.203. The molecule has 3 rings (SSSR count). The number of nitrogens with one attached hydrogen (secondary N) is 1. The van der Waals surface area contributed by atoms with E-state index in [2.05, 4.69) is 5.32 Å². The Labute approximate surface area is 160 Å². The van der Waals surface area contributed by atoms with E-state index in [9.17, 15) is 9.59 Å². The van der Waals surface area contributed by atoms with Gasteiger partial charge in [-0.1, -0.05) is 12.5 Å². The third kappa shape index (κ3) is 5.15. The Bertz CT molecular complexity index is 675. The van der Waals surface area contributed by atoms with Crippen LogP contribution in [-0.2, 0) is 20.7 Å². The number of esters is 1. The van der Waals surface area contributed by atoms with E-state index in [0.717, 1.165) is 17.9 Å². The highest BCUT2D eigenvalue weighted by Crippen LogP contribution is 2.49. The summed E-state index contributed by atoms with van der Waals surface area (Å²) in [5, 5.41) is 2.79. The summed E-state index contributed by atoms with van der Waals surface area (Å²) in [4.78, 5) is 23.9. The molecular formula is C21H29NO5. The number of amides is 1. The van der Waals surface area contributed by atoms with E-state index in [0.29, 0.717) is 42.7 Å². The van der Waals surface area contributed by atoms with Gasteiger partial charge in [-0.15, -0.1) is 0 Å². The molecule has 1 aromatic rings. The van der Waals surface area contributed by atoms with Crippen molar-refractivity contribution in [2.24, 2.45) is 17.8 Å². The molecule has 6 nitrogen and oxygen atoms in total. The normalized spacial score (nSPS) is 23.1. The quantitative estimate of drug-likeness (QED) is 0.672. The van der Waals surface area contributed by atoms with Gasteiger partial charge in [-0.05, 0) is 61.1 Å². The van der Waals surface area contributed by atoms with E-state index in [1.807, 2.05) is 18.2 Å². The molecule has 2 aliphatic carbocycles. The maximum absolute atomic E-state index is 12.0. The zero-order valence-corrected chi connectivity index (χ0v) is 16.2. The average molecular weight is 375 g/mol. The second-order valence-corrected chi connectivity index (χ2v) is 7.59. The van der Waals surface area contributed by atoms with Crippen molar-refractivity contribution in [2.75, 3.05) is 27.4 Å². The molecule has 1 N–H and O–H groups in total. The Hall–Kier alpha value is -2.24. The van der Waals surface area contributed by atoms with Gasteiger partial charge in [0.1, 0.15) is 0 Å². The molecule has 6 heteroatoms. The molecule has 0 aromatic heterocycles. The standard InChI is InChI=1S/C21H29NO5/c1-25-18-6-4-14(11-19(18)26-2)7-8-22-20(23)13-27-21(24)12-17-10-15-3-5-16(17)9-15/h4,6,11,15-17H,3,5,7-10,12-13H2,1-2H3,(H,22,23)/t15-,16-,17+/m1/s1. The number of benzene rings is 1. The lowest BCUT2D eigenvalue weighted by molar-refractivity contribution is -0.149. The third-order valence-corrected chi connectivity index (χ3v) is 5.86. The van der Waals surface area contributed by atoms with E-state index in [-0.39, 0.29) is 18.5 Å². The Balaban J connectivity index is 1.33. The van der Waals surface area contributed by atoms with Crippen molar-refractivity contribution in [2.45, 2.75) is 38.5 Å². The highest BCUT2D eigenvalue weighted by atomic mass is 16.5. The molecule has 2 bridgehead atoms. The molecule has 0 saturated heterocycles. The molecule has 2 saturated carbocycles. The molecule has 3 atom stereocenters. The topological polar surface area (TPSA) is 73.9 Å². The monoisotopic (exact) mass is 375 g/mol. The van der Waals surface area contributed by atoms with Crippen LogP contribution in [-0.4, -0.2) is 39.2 Å². The molecule has 148 valence electrons. The van der Waals surface area contributed by atoms with Crippen LogP contribution in [0.5, 0.6) is 11.5 Å². The number of carbonyl (C=O) groups excluding carboxylic acids is 2. The van der Waals surface area contributed by atoms with Crippen LogP contribution < -0.4 is 14.8 Å². The van der Waals surface area contributed by atoms with Gasteiger partial charge in [-0.2, -0.15) is 0 Å². The van der Waals surface area contributed by atoms with E-state index < -0.39 is 0 Å². The van der Waals surface area contributed by atoms with Crippen LogP contribution in [0, 0.1) is 17.8 Å². The first-order valence-corrected chi connectivity index (χ1v) is 9.72. The third-order valence-electron chi connectivity index (χ3n) is 5.86. The fourth-order valence-corrected chi connectivity index (χ4v) is 4.48. The van der Waals surface area contributed by atoms with Crippen molar-refractivity contribution in [3.8, 4) is 11.5 Å². The zero-order chi connectivity index (χ0) is 19.2. The van der Waals surface area contributed by atoms with Crippen LogP contribution in [0.15, 0.2) is 18.2 Å². The van der Waals surface area contributed by atoms with Crippen LogP contribution >= 0.6 is 0 Å². The zero-order valence-electron chi connectivity index (χ0n) is 16.2. The van der Waals surface area contributed by atoms with Gasteiger partial charge in [0.15, 0.2) is 18.1 Å². The number of carbonyl (C=O) groups is 2. The molecule has 0 heterocycles. The Morgan fingerprint density at radius 2 is 1.93 bits per heavy atom. The van der Waals surface area contributed by atoms with Crippen molar-refractivity contribution in [3.63, 3.8) is 0 Å². The van der Waals surface area contributed by atoms with Crippen LogP contribution in [0.4, 0.5) is 0 Å². The second-order valence-electron chi connectivity index (χ2n) is 7.59. The number of hydrogen-bond acceptors (Lipinski definition) is 5. The number of rotatable bonds is 9. The summed E-state index contributed by atoms with van der Waals surface area (Å²) in [5.41, 5.74) is 1.03. The van der Waals surface area contributed by atoms with Crippen molar-refractivity contribution in [1.29, 1.82) is 0 Å². The first-order chi connectivity index (χ1) is 13.1. The lowest BCUT2D eigenvalue weighted by atomic mass is 9.86. The molecule has 0 radical (unpaired) electrons. The highest BCUT2D eigenvalue weighted by Gasteiger charge is 2.40. The van der Waals surface area contributed by atoms with Gasteiger partial charge < -0.3 is 19.5 Å². The summed E-state index contributed by atoms with van der Waals surface area (Å²) in [5.74, 6) is 2.79. The van der Waals surface area contributed by atoms with Crippen molar-refractivity contribution in [3.05, 3.63) is 23.8 Å². The van der Waals surface area contributed by atoms with Crippen molar-refractivity contribution >= 4 is 11.9 Å². The fourth-order valence-electron chi connectivity index (χ4n) is 4.48. The maximum Gasteiger partial charge on any atom is 0.306 e. The van der Waals surface area contributed by atoms with E-state index >= 15 is 0 Å². The summed E-state index contributed by atoms with van der Waals surface area (Å²) in [6, 6.07) is 5.66. The summed E-state index contributed by atoms with van der Waals surface area (Å²) in [6.45, 7) is 0.268. The Morgan fingerprint density at radius 1 is 1.11 bits per heavy atom. The summed E-state index contributed by atoms with van der Waals surface area (Å²) in [7, 11) is 3.19. The van der Waals surface area contributed by atoms with Gasteiger partial charge >= 0.3 is 5.97 Å². The van der Waals surface area contributed by atoms with Crippen LogP contribution in [0.2, 0.25) is 0 Å². The lowest BCUT2D eigenvalue weighted by Gasteiger charge is -2.20. The van der Waals surface area contributed by atoms with Gasteiger partial charge in [0.05, 0.1) is 14.2 Å². The second kappa shape index (κ2) is 9.11. The Morgan fingerprint density at radius 3 is 2.59 bits per heavy atom. The molecule has 27 heavy (non-hydrogen) atoms. The SMILES string of the molecule is COc1ccc(CCNC(=O)COC(=O)C[C@@H]2C[C@@H]3CC[C@@H]2C3)cc1OC. The van der Waals surface area contributed by atoms with E-state index in [4.69, 9.17) is 14.2 Å². The average Bonchev–Trinajstić information content (AvgIpc) is 3.29. The smallest absolute Gasteiger partial charge is 0.306 e. The molecule has 0 unspecified atom stereocenters. The molecule has 0 aliphatic heterocycles.